The van der Waals surface area contributed by atoms with Gasteiger partial charge in [0.2, 0.25) is 0 Å². The van der Waals surface area contributed by atoms with Gasteiger partial charge in [0.25, 0.3) is 0 Å². The van der Waals surface area contributed by atoms with Crippen molar-refractivity contribution in [2.75, 3.05) is 13.7 Å². The molecular formula is C18H31NO. The van der Waals surface area contributed by atoms with Gasteiger partial charge in [-0.15, -0.1) is 0 Å². The Morgan fingerprint density at radius 3 is 2.10 bits per heavy atom. The highest BCUT2D eigenvalue weighted by molar-refractivity contribution is 5.27. The first-order valence-electron chi connectivity index (χ1n) is 7.78. The zero-order valence-electron chi connectivity index (χ0n) is 14.0. The predicted molar refractivity (Wildman–Crippen MR) is 87.3 cm³/mol. The molecule has 20 heavy (non-hydrogen) atoms. The Kier molecular flexibility index (Phi) is 6.70. The third kappa shape index (κ3) is 5.26. The molecule has 2 heteroatoms. The molecule has 0 aliphatic rings. The maximum atomic E-state index is 5.59. The largest absolute Gasteiger partial charge is 0.379 e. The van der Waals surface area contributed by atoms with Crippen molar-refractivity contribution in [1.29, 1.82) is 0 Å². The fourth-order valence-corrected chi connectivity index (χ4v) is 2.31. The first-order chi connectivity index (χ1) is 9.39. The molecule has 0 fully saturated rings. The van der Waals surface area contributed by atoms with Gasteiger partial charge in [0.15, 0.2) is 0 Å². The minimum atomic E-state index is -0.109. The second kappa shape index (κ2) is 7.80. The van der Waals surface area contributed by atoms with Crippen LogP contribution in [0.3, 0.4) is 0 Å². The summed E-state index contributed by atoms with van der Waals surface area (Å²) in [7, 11) is 1.79. The van der Waals surface area contributed by atoms with E-state index in [2.05, 4.69) is 64.2 Å². The van der Waals surface area contributed by atoms with Crippen LogP contribution >= 0.6 is 0 Å². The van der Waals surface area contributed by atoms with Crippen LogP contribution in [0.1, 0.15) is 70.5 Å². The van der Waals surface area contributed by atoms with Gasteiger partial charge >= 0.3 is 0 Å². The van der Waals surface area contributed by atoms with Crippen molar-refractivity contribution in [2.45, 2.75) is 65.0 Å². The van der Waals surface area contributed by atoms with Gasteiger partial charge < -0.3 is 10.1 Å². The first kappa shape index (κ1) is 17.2. The van der Waals surface area contributed by atoms with Crippen LogP contribution in [0.4, 0.5) is 0 Å². The van der Waals surface area contributed by atoms with Gasteiger partial charge in [0.1, 0.15) is 0 Å². The van der Waals surface area contributed by atoms with E-state index in [1.807, 2.05) is 0 Å². The number of benzene rings is 1. The summed E-state index contributed by atoms with van der Waals surface area (Å²) in [4.78, 5) is 0. The molecule has 1 aromatic carbocycles. The summed E-state index contributed by atoms with van der Waals surface area (Å²) in [6.45, 7) is 12.0. The van der Waals surface area contributed by atoms with Crippen molar-refractivity contribution in [3.05, 3.63) is 35.4 Å². The maximum absolute atomic E-state index is 5.59. The molecule has 0 heterocycles. The van der Waals surface area contributed by atoms with Crippen molar-refractivity contribution < 1.29 is 4.74 Å². The van der Waals surface area contributed by atoms with Gasteiger partial charge in [0, 0.05) is 13.2 Å². The molecule has 0 aliphatic heterocycles. The van der Waals surface area contributed by atoms with Gasteiger partial charge in [-0.2, -0.15) is 0 Å². The van der Waals surface area contributed by atoms with Crippen molar-refractivity contribution in [3.8, 4) is 0 Å². The quantitative estimate of drug-likeness (QED) is 0.746. The van der Waals surface area contributed by atoms with Crippen molar-refractivity contribution >= 4 is 0 Å². The summed E-state index contributed by atoms with van der Waals surface area (Å²) in [5.74, 6) is 0.585. The first-order valence-corrected chi connectivity index (χ1v) is 7.78. The molecule has 0 saturated heterocycles. The van der Waals surface area contributed by atoms with Crippen molar-refractivity contribution in [3.63, 3.8) is 0 Å². The van der Waals surface area contributed by atoms with Crippen LogP contribution in [0, 0.1) is 0 Å². The molecule has 0 saturated carbocycles. The molecule has 0 spiro atoms. The molecule has 114 valence electrons. The van der Waals surface area contributed by atoms with E-state index in [4.69, 9.17) is 4.74 Å². The summed E-state index contributed by atoms with van der Waals surface area (Å²) in [6, 6.07) is 9.37. The molecule has 1 atom stereocenters. The van der Waals surface area contributed by atoms with Crippen LogP contribution in [0.5, 0.6) is 0 Å². The zero-order valence-corrected chi connectivity index (χ0v) is 14.0. The average Bonchev–Trinajstić information content (AvgIpc) is 2.43. The third-order valence-electron chi connectivity index (χ3n) is 3.89. The van der Waals surface area contributed by atoms with Crippen LogP contribution in [-0.4, -0.2) is 19.3 Å². The lowest BCUT2D eigenvalue weighted by Gasteiger charge is -2.29. The van der Waals surface area contributed by atoms with Crippen LogP contribution in [-0.2, 0) is 4.74 Å². The van der Waals surface area contributed by atoms with Crippen LogP contribution in [0.2, 0.25) is 0 Å². The Balaban J connectivity index is 2.86. The standard InChI is InChI=1S/C18H31NO/c1-7-12-19-17(13-18(4,5)20-6)16-10-8-15(9-11-16)14(2)3/h8-11,14,17,19H,7,12-13H2,1-6H3. The van der Waals surface area contributed by atoms with Gasteiger partial charge in [-0.1, -0.05) is 45.0 Å². The fourth-order valence-electron chi connectivity index (χ4n) is 2.31. The van der Waals surface area contributed by atoms with E-state index in [0.29, 0.717) is 12.0 Å². The molecule has 0 aromatic heterocycles. The normalized spacial score (nSPS) is 13.8. The molecule has 0 aliphatic carbocycles. The second-order valence-electron chi connectivity index (χ2n) is 6.50. The van der Waals surface area contributed by atoms with Crippen molar-refractivity contribution in [2.24, 2.45) is 0 Å². The zero-order chi connectivity index (χ0) is 15.2. The van der Waals surface area contributed by atoms with Crippen LogP contribution in [0.15, 0.2) is 24.3 Å². The monoisotopic (exact) mass is 277 g/mol. The number of methoxy groups -OCH3 is 1. The number of hydrogen-bond donors (Lipinski definition) is 1. The minimum absolute atomic E-state index is 0.109. The van der Waals surface area contributed by atoms with Gasteiger partial charge in [0.05, 0.1) is 5.60 Å². The average molecular weight is 277 g/mol. The molecule has 1 rings (SSSR count). The Morgan fingerprint density at radius 2 is 1.65 bits per heavy atom. The topological polar surface area (TPSA) is 21.3 Å². The van der Waals surface area contributed by atoms with Crippen molar-refractivity contribution in [1.82, 2.24) is 5.32 Å². The lowest BCUT2D eigenvalue weighted by atomic mass is 9.92. The number of ether oxygens (including phenoxy) is 1. The molecule has 0 radical (unpaired) electrons. The second-order valence-corrected chi connectivity index (χ2v) is 6.50. The van der Waals surface area contributed by atoms with E-state index in [-0.39, 0.29) is 5.60 Å². The Labute approximate surface area is 124 Å². The van der Waals surface area contributed by atoms with Gasteiger partial charge in [-0.25, -0.2) is 0 Å². The fraction of sp³-hybridized carbons (Fsp3) is 0.667. The van der Waals surface area contributed by atoms with Crippen LogP contribution < -0.4 is 5.32 Å². The highest BCUT2D eigenvalue weighted by Crippen LogP contribution is 2.27. The number of rotatable bonds is 8. The van der Waals surface area contributed by atoms with E-state index in [9.17, 15) is 0 Å². The summed E-state index contributed by atoms with van der Waals surface area (Å²) >= 11 is 0. The predicted octanol–water partition coefficient (Wildman–Crippen LogP) is 4.67. The van der Waals surface area contributed by atoms with Crippen LogP contribution in [0.25, 0.3) is 0 Å². The maximum Gasteiger partial charge on any atom is 0.0640 e. The SMILES string of the molecule is CCCNC(CC(C)(C)OC)c1ccc(C(C)C)cc1. The van der Waals surface area contributed by atoms with E-state index < -0.39 is 0 Å². The number of nitrogens with one attached hydrogen (secondary N) is 1. The molecule has 1 aromatic rings. The molecule has 1 unspecified atom stereocenters. The minimum Gasteiger partial charge on any atom is -0.379 e. The smallest absolute Gasteiger partial charge is 0.0640 e. The molecule has 0 bridgehead atoms. The molecule has 0 amide bonds. The molecule has 2 nitrogen and oxygen atoms in total. The lowest BCUT2D eigenvalue weighted by Crippen LogP contribution is -2.32. The van der Waals surface area contributed by atoms with E-state index in [1.54, 1.807) is 7.11 Å². The Hall–Kier alpha value is -0.860. The molecule has 1 N–H and O–H groups in total. The van der Waals surface area contributed by atoms with Gasteiger partial charge in [-0.3, -0.25) is 0 Å². The van der Waals surface area contributed by atoms with Gasteiger partial charge in [-0.05, 0) is 50.3 Å². The van der Waals surface area contributed by atoms with E-state index in [0.717, 1.165) is 19.4 Å². The Bertz CT molecular complexity index is 381. The highest BCUT2D eigenvalue weighted by Gasteiger charge is 2.23. The molecular weight excluding hydrogens is 246 g/mol. The number of hydrogen-bond acceptors (Lipinski definition) is 2. The summed E-state index contributed by atoms with van der Waals surface area (Å²) < 4.78 is 5.59. The summed E-state index contributed by atoms with van der Waals surface area (Å²) in [5, 5.41) is 3.64. The Morgan fingerprint density at radius 1 is 1.10 bits per heavy atom. The third-order valence-corrected chi connectivity index (χ3v) is 3.89. The summed E-state index contributed by atoms with van der Waals surface area (Å²) in [6.07, 6.45) is 2.12. The van der Waals surface area contributed by atoms with E-state index in [1.165, 1.54) is 11.1 Å². The highest BCUT2D eigenvalue weighted by atomic mass is 16.5. The summed E-state index contributed by atoms with van der Waals surface area (Å²) in [5.41, 5.74) is 2.64. The van der Waals surface area contributed by atoms with E-state index >= 15 is 0 Å². The lowest BCUT2D eigenvalue weighted by molar-refractivity contribution is 0.00685.